The zero-order valence-corrected chi connectivity index (χ0v) is 11.2. The molecule has 0 atom stereocenters. The molecule has 6 heteroatoms. The zero-order valence-electron chi connectivity index (χ0n) is 11.2. The minimum atomic E-state index is -0.440. The summed E-state index contributed by atoms with van der Waals surface area (Å²) in [6, 6.07) is 5.37. The van der Waals surface area contributed by atoms with Crippen molar-refractivity contribution < 1.29 is 9.47 Å². The van der Waals surface area contributed by atoms with Crippen molar-refractivity contribution in [2.75, 3.05) is 14.2 Å². The van der Waals surface area contributed by atoms with Crippen molar-refractivity contribution in [2.24, 2.45) is 0 Å². The van der Waals surface area contributed by atoms with Gasteiger partial charge in [0.05, 0.1) is 10.9 Å². The van der Waals surface area contributed by atoms with Crippen LogP contribution in [0, 0.1) is 6.92 Å². The SMILES string of the molecule is COCn1c(=O)c2cc(C)ccc2n(COC)c1=O. The molecule has 1 heterocycles. The van der Waals surface area contributed by atoms with E-state index in [0.717, 1.165) is 10.1 Å². The number of nitrogens with zero attached hydrogens (tertiary/aromatic N) is 2. The molecule has 1 aromatic heterocycles. The Hall–Kier alpha value is -1.92. The first kappa shape index (κ1) is 13.5. The fourth-order valence-electron chi connectivity index (χ4n) is 2.03. The van der Waals surface area contributed by atoms with Crippen LogP contribution in [0.25, 0.3) is 10.9 Å². The summed E-state index contributed by atoms with van der Waals surface area (Å²) in [5.41, 5.74) is 0.731. The standard InChI is InChI=1S/C13H16N2O4/c1-9-4-5-11-10(6-9)12(16)15(8-19-3)13(17)14(11)7-18-2/h4-6H,7-8H2,1-3H3. The quantitative estimate of drug-likeness (QED) is 0.814. The van der Waals surface area contributed by atoms with Gasteiger partial charge in [-0.25, -0.2) is 9.36 Å². The lowest BCUT2D eigenvalue weighted by Gasteiger charge is -2.13. The first-order valence-corrected chi connectivity index (χ1v) is 5.82. The van der Waals surface area contributed by atoms with Gasteiger partial charge in [0.25, 0.3) is 5.56 Å². The van der Waals surface area contributed by atoms with Gasteiger partial charge < -0.3 is 9.47 Å². The van der Waals surface area contributed by atoms with Gasteiger partial charge in [-0.1, -0.05) is 11.6 Å². The fraction of sp³-hybridized carbons (Fsp3) is 0.385. The molecule has 1 aromatic carbocycles. The topological polar surface area (TPSA) is 62.5 Å². The number of fused-ring (bicyclic) bond motifs is 1. The molecule has 0 radical (unpaired) electrons. The van der Waals surface area contributed by atoms with Gasteiger partial charge in [-0.2, -0.15) is 0 Å². The third kappa shape index (κ3) is 2.32. The van der Waals surface area contributed by atoms with E-state index in [1.807, 2.05) is 13.0 Å². The molecule has 102 valence electrons. The first-order chi connectivity index (χ1) is 9.10. The van der Waals surface area contributed by atoms with Crippen molar-refractivity contribution >= 4 is 10.9 Å². The van der Waals surface area contributed by atoms with Gasteiger partial charge in [-0.05, 0) is 19.1 Å². The molecule has 0 saturated carbocycles. The predicted molar refractivity (Wildman–Crippen MR) is 71.2 cm³/mol. The Morgan fingerprint density at radius 2 is 1.68 bits per heavy atom. The molecule has 0 aliphatic heterocycles. The van der Waals surface area contributed by atoms with Gasteiger partial charge in [0.1, 0.15) is 13.5 Å². The molecule has 19 heavy (non-hydrogen) atoms. The van der Waals surface area contributed by atoms with Gasteiger partial charge >= 0.3 is 5.69 Å². The number of methoxy groups -OCH3 is 2. The second kappa shape index (κ2) is 5.38. The molecule has 2 rings (SSSR count). The minimum absolute atomic E-state index is 0.0781. The van der Waals surface area contributed by atoms with E-state index in [0.29, 0.717) is 10.9 Å². The number of aryl methyl sites for hydroxylation is 1. The summed E-state index contributed by atoms with van der Waals surface area (Å²) < 4.78 is 12.4. The van der Waals surface area contributed by atoms with Gasteiger partial charge in [0.2, 0.25) is 0 Å². The Morgan fingerprint density at radius 1 is 1.05 bits per heavy atom. The van der Waals surface area contributed by atoms with Crippen LogP contribution in [-0.4, -0.2) is 23.4 Å². The lowest BCUT2D eigenvalue weighted by atomic mass is 10.1. The number of aromatic nitrogens is 2. The number of benzene rings is 1. The lowest BCUT2D eigenvalue weighted by Crippen LogP contribution is -2.40. The maximum Gasteiger partial charge on any atom is 0.335 e. The van der Waals surface area contributed by atoms with Crippen molar-refractivity contribution in [2.45, 2.75) is 20.4 Å². The Balaban J connectivity index is 2.90. The summed E-state index contributed by atoms with van der Waals surface area (Å²) >= 11 is 0. The van der Waals surface area contributed by atoms with Crippen molar-refractivity contribution in [3.63, 3.8) is 0 Å². The summed E-state index contributed by atoms with van der Waals surface area (Å²) in [5.74, 6) is 0. The van der Waals surface area contributed by atoms with Gasteiger partial charge in [0, 0.05) is 14.2 Å². The molecule has 0 aliphatic rings. The third-order valence-corrected chi connectivity index (χ3v) is 2.90. The highest BCUT2D eigenvalue weighted by Crippen LogP contribution is 2.10. The molecule has 0 unspecified atom stereocenters. The maximum atomic E-state index is 12.3. The Labute approximate surface area is 109 Å². The largest absolute Gasteiger partial charge is 0.364 e. The molecule has 0 fully saturated rings. The van der Waals surface area contributed by atoms with Crippen molar-refractivity contribution in [1.29, 1.82) is 0 Å². The number of hydrogen-bond acceptors (Lipinski definition) is 4. The Morgan fingerprint density at radius 3 is 2.32 bits per heavy atom. The summed E-state index contributed by atoms with van der Waals surface area (Å²) in [5, 5.41) is 0.480. The highest BCUT2D eigenvalue weighted by atomic mass is 16.5. The molecule has 0 saturated heterocycles. The van der Waals surface area contributed by atoms with Gasteiger partial charge in [-0.15, -0.1) is 0 Å². The maximum absolute atomic E-state index is 12.3. The minimum Gasteiger partial charge on any atom is -0.364 e. The van der Waals surface area contributed by atoms with E-state index < -0.39 is 5.69 Å². The second-order valence-corrected chi connectivity index (χ2v) is 4.30. The average Bonchev–Trinajstić information content (AvgIpc) is 2.40. The summed E-state index contributed by atoms with van der Waals surface area (Å²) in [7, 11) is 2.94. The van der Waals surface area contributed by atoms with Crippen molar-refractivity contribution in [1.82, 2.24) is 9.13 Å². The van der Waals surface area contributed by atoms with E-state index in [9.17, 15) is 9.59 Å². The molecule has 0 N–H and O–H groups in total. The number of hydrogen-bond donors (Lipinski definition) is 0. The Kier molecular flexibility index (Phi) is 3.82. The first-order valence-electron chi connectivity index (χ1n) is 5.82. The van der Waals surface area contributed by atoms with Crippen molar-refractivity contribution in [3.8, 4) is 0 Å². The monoisotopic (exact) mass is 264 g/mol. The van der Waals surface area contributed by atoms with Crippen LogP contribution in [0.2, 0.25) is 0 Å². The molecule has 6 nitrogen and oxygen atoms in total. The third-order valence-electron chi connectivity index (χ3n) is 2.90. The Bertz CT molecular complexity index is 715. The van der Waals surface area contributed by atoms with E-state index in [1.165, 1.54) is 18.8 Å². The lowest BCUT2D eigenvalue weighted by molar-refractivity contribution is 0.108. The van der Waals surface area contributed by atoms with Crippen LogP contribution < -0.4 is 11.2 Å². The smallest absolute Gasteiger partial charge is 0.335 e. The molecule has 0 amide bonds. The summed E-state index contributed by atoms with van der Waals surface area (Å²) in [4.78, 5) is 24.5. The number of ether oxygens (including phenoxy) is 2. The van der Waals surface area contributed by atoms with Crippen LogP contribution in [0.4, 0.5) is 0 Å². The normalized spacial score (nSPS) is 11.1. The summed E-state index contributed by atoms with van der Waals surface area (Å²) in [6.45, 7) is 1.90. The van der Waals surface area contributed by atoms with Crippen LogP contribution in [0.1, 0.15) is 5.56 Å². The van der Waals surface area contributed by atoms with Crippen LogP contribution in [0.15, 0.2) is 27.8 Å². The molecular weight excluding hydrogens is 248 g/mol. The van der Waals surface area contributed by atoms with Crippen LogP contribution in [-0.2, 0) is 22.9 Å². The highest BCUT2D eigenvalue weighted by molar-refractivity contribution is 5.78. The fourth-order valence-corrected chi connectivity index (χ4v) is 2.03. The second-order valence-electron chi connectivity index (χ2n) is 4.30. The highest BCUT2D eigenvalue weighted by Gasteiger charge is 2.12. The number of rotatable bonds is 4. The van der Waals surface area contributed by atoms with Crippen molar-refractivity contribution in [3.05, 3.63) is 44.6 Å². The molecule has 0 aliphatic carbocycles. The van der Waals surface area contributed by atoms with E-state index in [2.05, 4.69) is 0 Å². The molecule has 0 spiro atoms. The van der Waals surface area contributed by atoms with Crippen LogP contribution in [0.5, 0.6) is 0 Å². The molecule has 2 aromatic rings. The summed E-state index contributed by atoms with van der Waals surface area (Å²) in [6.07, 6.45) is 0. The molecule has 0 bridgehead atoms. The predicted octanol–water partition coefficient (Wildman–Crippen LogP) is 0.679. The van der Waals surface area contributed by atoms with Crippen LogP contribution in [0.3, 0.4) is 0 Å². The van der Waals surface area contributed by atoms with Gasteiger partial charge in [0.15, 0.2) is 0 Å². The van der Waals surface area contributed by atoms with E-state index in [-0.39, 0.29) is 19.0 Å². The van der Waals surface area contributed by atoms with E-state index >= 15 is 0 Å². The van der Waals surface area contributed by atoms with E-state index in [1.54, 1.807) is 12.1 Å². The van der Waals surface area contributed by atoms with Crippen LogP contribution >= 0.6 is 0 Å². The molecular formula is C13H16N2O4. The average molecular weight is 264 g/mol. The zero-order chi connectivity index (χ0) is 14.0. The van der Waals surface area contributed by atoms with Gasteiger partial charge in [-0.3, -0.25) is 9.36 Å². The van der Waals surface area contributed by atoms with E-state index in [4.69, 9.17) is 9.47 Å².